The number of benzene rings is 2. The van der Waals surface area contributed by atoms with Crippen molar-refractivity contribution >= 4 is 12.4 Å². The van der Waals surface area contributed by atoms with Gasteiger partial charge in [0.1, 0.15) is 24.2 Å². The van der Waals surface area contributed by atoms with E-state index in [0.717, 1.165) is 11.6 Å². The van der Waals surface area contributed by atoms with Crippen LogP contribution >= 0.6 is 0 Å². The highest BCUT2D eigenvalue weighted by Gasteiger charge is 2.39. The molecule has 1 atom stereocenters. The highest BCUT2D eigenvalue weighted by Crippen LogP contribution is 2.42. The minimum absolute atomic E-state index is 0.0448. The third kappa shape index (κ3) is 5.60. The molecule has 1 amide bonds. The molecule has 0 fully saturated rings. The lowest BCUT2D eigenvalue weighted by molar-refractivity contribution is -0.139. The van der Waals surface area contributed by atoms with E-state index >= 15 is 0 Å². The zero-order chi connectivity index (χ0) is 23.5. The van der Waals surface area contributed by atoms with Gasteiger partial charge in [-0.05, 0) is 56.0 Å². The maximum absolute atomic E-state index is 13.8. The molecule has 0 spiro atoms. The van der Waals surface area contributed by atoms with Crippen molar-refractivity contribution < 1.29 is 32.2 Å². The van der Waals surface area contributed by atoms with E-state index in [4.69, 9.17) is 9.47 Å². The number of ether oxygens (including phenoxy) is 2. The van der Waals surface area contributed by atoms with E-state index in [9.17, 15) is 22.8 Å². The second-order valence-electron chi connectivity index (χ2n) is 8.66. The highest BCUT2D eigenvalue weighted by atomic mass is 19.4. The summed E-state index contributed by atoms with van der Waals surface area (Å²) in [5.41, 5.74) is 0.00920. The van der Waals surface area contributed by atoms with E-state index in [1.165, 1.54) is 11.0 Å². The number of rotatable bonds is 5. The molecular formula is C24H26F3NO4. The number of aldehydes is 1. The summed E-state index contributed by atoms with van der Waals surface area (Å²) in [6, 6.07) is 10.5. The van der Waals surface area contributed by atoms with Gasteiger partial charge in [-0.2, -0.15) is 13.2 Å². The fraction of sp³-hybridized carbons (Fsp3) is 0.417. The van der Waals surface area contributed by atoms with E-state index in [0.29, 0.717) is 17.4 Å². The van der Waals surface area contributed by atoms with E-state index in [-0.39, 0.29) is 31.7 Å². The summed E-state index contributed by atoms with van der Waals surface area (Å²) < 4.78 is 52.3. The average Bonchev–Trinajstić information content (AvgIpc) is 2.71. The molecule has 2 aromatic carbocycles. The summed E-state index contributed by atoms with van der Waals surface area (Å²) in [7, 11) is 0. The molecule has 0 saturated carbocycles. The number of carbonyl (C=O) groups is 2. The van der Waals surface area contributed by atoms with Crippen LogP contribution in [0.5, 0.6) is 5.75 Å². The van der Waals surface area contributed by atoms with E-state index < -0.39 is 29.5 Å². The van der Waals surface area contributed by atoms with Crippen molar-refractivity contribution in [2.45, 2.75) is 58.0 Å². The predicted molar refractivity (Wildman–Crippen MR) is 112 cm³/mol. The van der Waals surface area contributed by atoms with Crippen molar-refractivity contribution in [1.82, 2.24) is 4.90 Å². The van der Waals surface area contributed by atoms with Gasteiger partial charge in [-0.1, -0.05) is 30.3 Å². The Labute approximate surface area is 185 Å². The average molecular weight is 449 g/mol. The maximum atomic E-state index is 13.8. The largest absolute Gasteiger partial charge is 0.488 e. The van der Waals surface area contributed by atoms with Gasteiger partial charge in [0, 0.05) is 13.0 Å². The Morgan fingerprint density at radius 1 is 1.16 bits per heavy atom. The molecule has 2 aromatic rings. The number of nitrogens with zero attached hydrogens (tertiary/aromatic N) is 1. The van der Waals surface area contributed by atoms with Crippen LogP contribution < -0.4 is 4.74 Å². The standard InChI is InChI=1S/C24H26F3NO4/c1-23(2,3)32-22(30)28-11-9-17-13-19(24(25,26)27)21(14-18(17)20(28)10-12-29)31-15-16-7-5-4-6-8-16/h4-8,12-14,20H,9-11,15H2,1-3H3/t20-/m1/s1. The molecule has 0 saturated heterocycles. The first-order chi connectivity index (χ1) is 15.0. The topological polar surface area (TPSA) is 55.8 Å². The minimum Gasteiger partial charge on any atom is -0.488 e. The molecule has 0 bridgehead atoms. The van der Waals surface area contributed by atoms with Crippen molar-refractivity contribution in [1.29, 1.82) is 0 Å². The van der Waals surface area contributed by atoms with Gasteiger partial charge < -0.3 is 19.2 Å². The minimum atomic E-state index is -4.61. The Bertz CT molecular complexity index is 968. The molecule has 1 aliphatic heterocycles. The summed E-state index contributed by atoms with van der Waals surface area (Å²) in [5.74, 6) is -0.331. The van der Waals surface area contributed by atoms with Gasteiger partial charge in [0.05, 0.1) is 11.6 Å². The number of alkyl halides is 3. The van der Waals surface area contributed by atoms with Crippen LogP contribution in [0.4, 0.5) is 18.0 Å². The second-order valence-corrected chi connectivity index (χ2v) is 8.66. The second kappa shape index (κ2) is 9.22. The number of carbonyl (C=O) groups excluding carboxylic acids is 2. The third-order valence-corrected chi connectivity index (χ3v) is 5.09. The Hall–Kier alpha value is -3.03. The van der Waals surface area contributed by atoms with Crippen LogP contribution in [0.15, 0.2) is 42.5 Å². The van der Waals surface area contributed by atoms with Gasteiger partial charge in [-0.15, -0.1) is 0 Å². The van der Waals surface area contributed by atoms with Crippen LogP contribution in [0.3, 0.4) is 0 Å². The lowest BCUT2D eigenvalue weighted by atomic mass is 9.89. The first-order valence-corrected chi connectivity index (χ1v) is 10.3. The molecule has 5 nitrogen and oxygen atoms in total. The third-order valence-electron chi connectivity index (χ3n) is 5.09. The van der Waals surface area contributed by atoms with Crippen LogP contribution in [-0.2, 0) is 28.7 Å². The van der Waals surface area contributed by atoms with E-state index in [1.807, 2.05) is 0 Å². The quantitative estimate of drug-likeness (QED) is 0.549. The molecule has 32 heavy (non-hydrogen) atoms. The van der Waals surface area contributed by atoms with Crippen LogP contribution in [0.2, 0.25) is 0 Å². The van der Waals surface area contributed by atoms with Crippen molar-refractivity contribution in [3.63, 3.8) is 0 Å². The zero-order valence-corrected chi connectivity index (χ0v) is 18.2. The van der Waals surface area contributed by atoms with Crippen LogP contribution in [0.25, 0.3) is 0 Å². The van der Waals surface area contributed by atoms with Crippen molar-refractivity contribution in [2.75, 3.05) is 6.54 Å². The molecule has 0 aromatic heterocycles. The molecule has 0 unspecified atom stereocenters. The smallest absolute Gasteiger partial charge is 0.419 e. The van der Waals surface area contributed by atoms with Gasteiger partial charge in [0.2, 0.25) is 0 Å². The fourth-order valence-electron chi connectivity index (χ4n) is 3.69. The lowest BCUT2D eigenvalue weighted by Gasteiger charge is -2.38. The number of halogens is 3. The Balaban J connectivity index is 1.99. The molecule has 8 heteroatoms. The summed E-state index contributed by atoms with van der Waals surface area (Å²) in [6.45, 7) is 5.28. The molecule has 172 valence electrons. The van der Waals surface area contributed by atoms with Crippen molar-refractivity contribution in [3.8, 4) is 5.75 Å². The summed E-state index contributed by atoms with van der Waals surface area (Å²) in [4.78, 5) is 25.5. The van der Waals surface area contributed by atoms with Crippen molar-refractivity contribution in [3.05, 3.63) is 64.7 Å². The van der Waals surface area contributed by atoms with Gasteiger partial charge in [-0.25, -0.2) is 4.79 Å². The molecule has 1 aliphatic rings. The fourth-order valence-corrected chi connectivity index (χ4v) is 3.69. The van der Waals surface area contributed by atoms with Crippen LogP contribution in [0.1, 0.15) is 55.5 Å². The van der Waals surface area contributed by atoms with Gasteiger partial charge in [0.15, 0.2) is 0 Å². The van der Waals surface area contributed by atoms with Gasteiger partial charge >= 0.3 is 12.3 Å². The Kier molecular flexibility index (Phi) is 6.81. The van der Waals surface area contributed by atoms with E-state index in [1.54, 1.807) is 51.1 Å². The summed E-state index contributed by atoms with van der Waals surface area (Å²) in [6.07, 6.45) is -4.41. The predicted octanol–water partition coefficient (Wildman–Crippen LogP) is 5.71. The van der Waals surface area contributed by atoms with Gasteiger partial charge in [0.25, 0.3) is 0 Å². The highest BCUT2D eigenvalue weighted by molar-refractivity contribution is 5.71. The van der Waals surface area contributed by atoms with Crippen LogP contribution in [0, 0.1) is 0 Å². The lowest BCUT2D eigenvalue weighted by Crippen LogP contribution is -2.43. The first-order valence-electron chi connectivity index (χ1n) is 10.3. The number of hydrogen-bond acceptors (Lipinski definition) is 4. The Morgan fingerprint density at radius 3 is 2.44 bits per heavy atom. The molecule has 0 aliphatic carbocycles. The molecule has 0 N–H and O–H groups in total. The number of amides is 1. The van der Waals surface area contributed by atoms with E-state index in [2.05, 4.69) is 0 Å². The SMILES string of the molecule is CC(C)(C)OC(=O)N1CCc2cc(C(F)(F)F)c(OCc3ccccc3)cc2[C@H]1CC=O. The number of hydrogen-bond donors (Lipinski definition) is 0. The first kappa shape index (κ1) is 23.6. The monoisotopic (exact) mass is 449 g/mol. The van der Waals surface area contributed by atoms with Crippen LogP contribution in [-0.4, -0.2) is 29.4 Å². The normalized spacial score (nSPS) is 16.3. The Morgan fingerprint density at radius 2 is 1.84 bits per heavy atom. The van der Waals surface area contributed by atoms with Crippen molar-refractivity contribution in [2.24, 2.45) is 0 Å². The molecule has 1 heterocycles. The molecule has 3 rings (SSSR count). The maximum Gasteiger partial charge on any atom is 0.419 e. The summed E-state index contributed by atoms with van der Waals surface area (Å²) >= 11 is 0. The summed E-state index contributed by atoms with van der Waals surface area (Å²) in [5, 5.41) is 0. The number of fused-ring (bicyclic) bond motifs is 1. The molecule has 0 radical (unpaired) electrons. The zero-order valence-electron chi connectivity index (χ0n) is 18.2. The van der Waals surface area contributed by atoms with Gasteiger partial charge in [-0.3, -0.25) is 0 Å². The molecular weight excluding hydrogens is 423 g/mol.